The van der Waals surface area contributed by atoms with Crippen molar-refractivity contribution >= 4 is 5.82 Å². The van der Waals surface area contributed by atoms with Crippen LogP contribution in [0, 0.1) is 6.92 Å². The fourth-order valence-corrected chi connectivity index (χ4v) is 3.05. The third kappa shape index (κ3) is 2.60. The minimum Gasteiger partial charge on any atom is -0.383 e. The van der Waals surface area contributed by atoms with Crippen LogP contribution in [-0.2, 0) is 0 Å². The third-order valence-electron chi connectivity index (χ3n) is 4.64. The van der Waals surface area contributed by atoms with E-state index < -0.39 is 0 Å². The third-order valence-corrected chi connectivity index (χ3v) is 4.64. The molecule has 4 heteroatoms. The maximum absolute atomic E-state index is 6.57. The van der Waals surface area contributed by atoms with Crippen molar-refractivity contribution in [1.82, 2.24) is 9.88 Å². The molecule has 0 spiro atoms. The first kappa shape index (κ1) is 14.3. The van der Waals surface area contributed by atoms with Gasteiger partial charge in [-0.3, -0.25) is 4.90 Å². The van der Waals surface area contributed by atoms with Gasteiger partial charge < -0.3 is 11.5 Å². The van der Waals surface area contributed by atoms with Crippen LogP contribution in [0.4, 0.5) is 5.82 Å². The molecule has 4 nitrogen and oxygen atoms in total. The predicted molar refractivity (Wildman–Crippen MR) is 79.8 cm³/mol. The molecule has 2 atom stereocenters. The van der Waals surface area contributed by atoms with Gasteiger partial charge in [0.25, 0.3) is 0 Å². The van der Waals surface area contributed by atoms with Crippen molar-refractivity contribution in [3.05, 3.63) is 23.4 Å². The summed E-state index contributed by atoms with van der Waals surface area (Å²) in [6, 6.07) is 1.99. The lowest BCUT2D eigenvalue weighted by molar-refractivity contribution is 0.100. The van der Waals surface area contributed by atoms with Crippen LogP contribution in [0.1, 0.15) is 50.3 Å². The normalized spacial score (nSPS) is 21.3. The molecule has 4 N–H and O–H groups in total. The van der Waals surface area contributed by atoms with Crippen LogP contribution < -0.4 is 11.5 Å². The SMILES string of the molecule is CCC(C)(C(N)c1cc(C)cnc1N)N1CCCC1. The summed E-state index contributed by atoms with van der Waals surface area (Å²) < 4.78 is 0. The lowest BCUT2D eigenvalue weighted by atomic mass is 9.83. The number of nitrogens with two attached hydrogens (primary N) is 2. The molecule has 0 amide bonds. The molecule has 19 heavy (non-hydrogen) atoms. The van der Waals surface area contributed by atoms with Crippen molar-refractivity contribution < 1.29 is 0 Å². The van der Waals surface area contributed by atoms with Gasteiger partial charge in [0.2, 0.25) is 0 Å². The molecule has 0 saturated carbocycles. The Hall–Kier alpha value is -1.13. The smallest absolute Gasteiger partial charge is 0.128 e. The Kier molecular flexibility index (Phi) is 4.11. The van der Waals surface area contributed by atoms with E-state index in [1.165, 1.54) is 12.8 Å². The number of nitrogens with zero attached hydrogens (tertiary/aromatic N) is 2. The largest absolute Gasteiger partial charge is 0.383 e. The van der Waals surface area contributed by atoms with E-state index >= 15 is 0 Å². The van der Waals surface area contributed by atoms with E-state index in [1.807, 2.05) is 6.92 Å². The summed E-state index contributed by atoms with van der Waals surface area (Å²) in [7, 11) is 0. The van der Waals surface area contributed by atoms with E-state index in [0.717, 1.165) is 30.6 Å². The molecule has 1 aliphatic heterocycles. The topological polar surface area (TPSA) is 68.2 Å². The van der Waals surface area contributed by atoms with Crippen LogP contribution in [-0.4, -0.2) is 28.5 Å². The summed E-state index contributed by atoms with van der Waals surface area (Å²) in [5.41, 5.74) is 14.7. The maximum Gasteiger partial charge on any atom is 0.128 e. The fourth-order valence-electron chi connectivity index (χ4n) is 3.05. The average molecular weight is 262 g/mol. The summed E-state index contributed by atoms with van der Waals surface area (Å²) in [4.78, 5) is 6.77. The van der Waals surface area contributed by atoms with Gasteiger partial charge >= 0.3 is 0 Å². The zero-order valence-corrected chi connectivity index (χ0v) is 12.3. The Bertz CT molecular complexity index is 440. The molecule has 0 aromatic carbocycles. The molecular weight excluding hydrogens is 236 g/mol. The van der Waals surface area contributed by atoms with Crippen LogP contribution in [0.3, 0.4) is 0 Å². The Labute approximate surface area is 116 Å². The molecule has 1 fully saturated rings. The zero-order valence-electron chi connectivity index (χ0n) is 12.3. The lowest BCUT2D eigenvalue weighted by Gasteiger charge is -2.43. The quantitative estimate of drug-likeness (QED) is 0.873. The summed E-state index contributed by atoms with van der Waals surface area (Å²) in [6.07, 6.45) is 5.35. The maximum atomic E-state index is 6.57. The molecule has 0 radical (unpaired) electrons. The van der Waals surface area contributed by atoms with Crippen molar-refractivity contribution in [2.75, 3.05) is 18.8 Å². The minimum atomic E-state index is -0.0944. The number of hydrogen-bond donors (Lipinski definition) is 2. The molecule has 2 unspecified atom stereocenters. The number of nitrogen functional groups attached to an aromatic ring is 1. The van der Waals surface area contributed by atoms with Crippen molar-refractivity contribution in [2.24, 2.45) is 5.73 Å². The first-order valence-electron chi connectivity index (χ1n) is 7.21. The molecular formula is C15H26N4. The van der Waals surface area contributed by atoms with Gasteiger partial charge in [-0.15, -0.1) is 0 Å². The molecule has 1 aromatic heterocycles. The van der Waals surface area contributed by atoms with E-state index in [4.69, 9.17) is 11.5 Å². The van der Waals surface area contributed by atoms with Gasteiger partial charge in [0.15, 0.2) is 0 Å². The number of aromatic nitrogens is 1. The van der Waals surface area contributed by atoms with Crippen molar-refractivity contribution in [3.63, 3.8) is 0 Å². The molecule has 106 valence electrons. The van der Waals surface area contributed by atoms with E-state index in [2.05, 4.69) is 29.8 Å². The Balaban J connectivity index is 2.34. The number of pyridine rings is 1. The van der Waals surface area contributed by atoms with Gasteiger partial charge in [-0.2, -0.15) is 0 Å². The number of rotatable bonds is 4. The zero-order chi connectivity index (χ0) is 14.0. The summed E-state index contributed by atoms with van der Waals surface area (Å²) in [5, 5.41) is 0. The molecule has 0 aliphatic carbocycles. The van der Waals surface area contributed by atoms with Gasteiger partial charge in [-0.25, -0.2) is 4.98 Å². The summed E-state index contributed by atoms with van der Waals surface area (Å²) >= 11 is 0. The van der Waals surface area contributed by atoms with Gasteiger partial charge in [0.05, 0.1) is 6.04 Å². The second kappa shape index (κ2) is 5.47. The number of anilines is 1. The highest BCUT2D eigenvalue weighted by atomic mass is 15.2. The molecule has 1 aromatic rings. The highest BCUT2D eigenvalue weighted by Gasteiger charge is 2.39. The molecule has 1 saturated heterocycles. The van der Waals surface area contributed by atoms with Gasteiger partial charge in [-0.05, 0) is 57.8 Å². The first-order valence-corrected chi connectivity index (χ1v) is 7.21. The highest BCUT2D eigenvalue weighted by molar-refractivity contribution is 5.44. The predicted octanol–water partition coefficient (Wildman–Crippen LogP) is 2.24. The van der Waals surface area contributed by atoms with Crippen LogP contribution in [0.25, 0.3) is 0 Å². The van der Waals surface area contributed by atoms with Gasteiger partial charge in [-0.1, -0.05) is 6.92 Å². The van der Waals surface area contributed by atoms with Crippen LogP contribution in [0.5, 0.6) is 0 Å². The van der Waals surface area contributed by atoms with Gasteiger partial charge in [0, 0.05) is 17.3 Å². The molecule has 1 aliphatic rings. The fraction of sp³-hybridized carbons (Fsp3) is 0.667. The van der Waals surface area contributed by atoms with Crippen molar-refractivity contribution in [2.45, 2.75) is 51.6 Å². The standard InChI is InChI=1S/C15H26N4/c1-4-15(3,19-7-5-6-8-19)13(16)12-9-11(2)10-18-14(12)17/h9-10,13H,4-8,16H2,1-3H3,(H2,17,18). The van der Waals surface area contributed by atoms with Gasteiger partial charge in [0.1, 0.15) is 5.82 Å². The number of hydrogen-bond acceptors (Lipinski definition) is 4. The molecule has 2 heterocycles. The monoisotopic (exact) mass is 262 g/mol. The van der Waals surface area contributed by atoms with Crippen LogP contribution in [0.15, 0.2) is 12.3 Å². The number of aryl methyl sites for hydroxylation is 1. The molecule has 2 rings (SSSR count). The summed E-state index contributed by atoms with van der Waals surface area (Å²) in [6.45, 7) is 8.76. The highest BCUT2D eigenvalue weighted by Crippen LogP contribution is 2.36. The summed E-state index contributed by atoms with van der Waals surface area (Å²) in [5.74, 6) is 0.567. The Morgan fingerprint density at radius 2 is 2.05 bits per heavy atom. The van der Waals surface area contributed by atoms with Crippen molar-refractivity contribution in [1.29, 1.82) is 0 Å². The van der Waals surface area contributed by atoms with E-state index in [-0.39, 0.29) is 11.6 Å². The second-order valence-electron chi connectivity index (χ2n) is 5.87. The average Bonchev–Trinajstić information content (AvgIpc) is 2.94. The molecule has 0 bridgehead atoms. The first-order chi connectivity index (χ1) is 8.99. The Morgan fingerprint density at radius 3 is 2.63 bits per heavy atom. The van der Waals surface area contributed by atoms with Crippen LogP contribution >= 0.6 is 0 Å². The van der Waals surface area contributed by atoms with Crippen LogP contribution in [0.2, 0.25) is 0 Å². The van der Waals surface area contributed by atoms with Crippen molar-refractivity contribution in [3.8, 4) is 0 Å². The lowest BCUT2D eigenvalue weighted by Crippen LogP contribution is -2.52. The number of likely N-dealkylation sites (tertiary alicyclic amines) is 1. The Morgan fingerprint density at radius 1 is 1.42 bits per heavy atom. The second-order valence-corrected chi connectivity index (χ2v) is 5.87. The minimum absolute atomic E-state index is 0.0416. The van der Waals surface area contributed by atoms with E-state index in [1.54, 1.807) is 6.20 Å². The van der Waals surface area contributed by atoms with E-state index in [0.29, 0.717) is 5.82 Å². The van der Waals surface area contributed by atoms with E-state index in [9.17, 15) is 0 Å².